The van der Waals surface area contributed by atoms with Gasteiger partial charge in [-0.05, 0) is 50.1 Å². The topological polar surface area (TPSA) is 112 Å². The maximum Gasteiger partial charge on any atom is 0.359 e. The average molecular weight is 460 g/mol. The summed E-state index contributed by atoms with van der Waals surface area (Å²) < 4.78 is 8.76. The molecule has 0 aliphatic rings. The number of aromatic carboxylic acids is 1. The Hall–Kier alpha value is -4.27. The summed E-state index contributed by atoms with van der Waals surface area (Å²) in [5.74, 6) is -1.75. The lowest BCUT2D eigenvalue weighted by atomic mass is 10.1. The molecule has 0 aliphatic heterocycles. The zero-order chi connectivity index (χ0) is 24.2. The second-order valence-electron chi connectivity index (χ2n) is 8.07. The molecule has 34 heavy (non-hydrogen) atoms. The van der Waals surface area contributed by atoms with Crippen LogP contribution in [0.3, 0.4) is 0 Å². The number of hydrogen-bond donors (Lipinski definition) is 1. The van der Waals surface area contributed by atoms with Crippen LogP contribution in [-0.4, -0.2) is 41.6 Å². The van der Waals surface area contributed by atoms with Crippen LogP contribution < -0.4 is 0 Å². The minimum Gasteiger partial charge on any atom is -0.476 e. The number of aryl methyl sites for hydroxylation is 2. The Balaban J connectivity index is 1.49. The van der Waals surface area contributed by atoms with Gasteiger partial charge >= 0.3 is 11.9 Å². The number of carbonyl (C=O) groups is 2. The van der Waals surface area contributed by atoms with Crippen molar-refractivity contribution in [2.75, 3.05) is 0 Å². The van der Waals surface area contributed by atoms with Crippen LogP contribution in [0.2, 0.25) is 0 Å². The molecule has 1 N–H and O–H groups in total. The summed E-state index contributed by atoms with van der Waals surface area (Å²) >= 11 is 0. The largest absolute Gasteiger partial charge is 0.476 e. The average Bonchev–Trinajstić information content (AvgIpc) is 3.42. The maximum atomic E-state index is 12.7. The number of carboxylic acid groups (broad SMARTS) is 1. The number of rotatable bonds is 8. The number of pyridine rings is 1. The third-order valence-corrected chi connectivity index (χ3v) is 5.52. The smallest absolute Gasteiger partial charge is 0.359 e. The molecule has 0 radical (unpaired) electrons. The number of aromatic nitrogens is 5. The maximum absolute atomic E-state index is 12.7. The van der Waals surface area contributed by atoms with Crippen LogP contribution in [0.15, 0.2) is 60.8 Å². The van der Waals surface area contributed by atoms with E-state index in [0.717, 1.165) is 22.5 Å². The van der Waals surface area contributed by atoms with Gasteiger partial charge in [0, 0.05) is 17.6 Å². The summed E-state index contributed by atoms with van der Waals surface area (Å²) in [4.78, 5) is 28.4. The Kier molecular flexibility index (Phi) is 6.53. The highest BCUT2D eigenvalue weighted by Gasteiger charge is 2.20. The van der Waals surface area contributed by atoms with Gasteiger partial charge in [0.15, 0.2) is 11.4 Å². The number of ether oxygens (including phenoxy) is 1. The first-order valence-corrected chi connectivity index (χ1v) is 10.8. The third kappa shape index (κ3) is 5.03. The Bertz CT molecular complexity index is 1310. The third-order valence-electron chi connectivity index (χ3n) is 5.52. The molecule has 1 unspecified atom stereocenters. The van der Waals surface area contributed by atoms with E-state index in [-0.39, 0.29) is 24.0 Å². The Morgan fingerprint density at radius 2 is 1.79 bits per heavy atom. The van der Waals surface area contributed by atoms with Gasteiger partial charge in [0.2, 0.25) is 0 Å². The van der Waals surface area contributed by atoms with Crippen molar-refractivity contribution < 1.29 is 19.4 Å². The van der Waals surface area contributed by atoms with Crippen molar-refractivity contribution in [3.8, 4) is 0 Å². The predicted octanol–water partition coefficient (Wildman–Crippen LogP) is 3.80. The molecule has 3 aromatic heterocycles. The Morgan fingerprint density at radius 1 is 1.03 bits per heavy atom. The summed E-state index contributed by atoms with van der Waals surface area (Å²) in [6, 6.07) is 16.7. The van der Waals surface area contributed by atoms with Gasteiger partial charge in [0.1, 0.15) is 6.61 Å². The summed E-state index contributed by atoms with van der Waals surface area (Å²) in [5.41, 5.74) is 4.15. The van der Waals surface area contributed by atoms with Crippen molar-refractivity contribution in [3.05, 3.63) is 100 Å². The summed E-state index contributed by atoms with van der Waals surface area (Å²) in [5, 5.41) is 17.9. The molecular formula is C25H25N5O4. The summed E-state index contributed by atoms with van der Waals surface area (Å²) in [6.07, 6.45) is 1.70. The molecule has 4 rings (SSSR count). The molecule has 9 heteroatoms. The first kappa shape index (κ1) is 22.9. The monoisotopic (exact) mass is 459 g/mol. The summed E-state index contributed by atoms with van der Waals surface area (Å²) in [6.45, 7) is 5.94. The van der Waals surface area contributed by atoms with E-state index in [1.807, 2.05) is 63.2 Å². The number of carboxylic acids is 1. The van der Waals surface area contributed by atoms with E-state index < -0.39 is 11.9 Å². The van der Waals surface area contributed by atoms with Crippen molar-refractivity contribution in [3.63, 3.8) is 0 Å². The van der Waals surface area contributed by atoms with Crippen LogP contribution in [0, 0.1) is 13.8 Å². The van der Waals surface area contributed by atoms with E-state index in [1.54, 1.807) is 16.9 Å². The molecule has 0 saturated carbocycles. The fraction of sp³-hybridized carbons (Fsp3) is 0.240. The second-order valence-corrected chi connectivity index (χ2v) is 8.07. The number of carbonyl (C=O) groups excluding carboxylic acids is 1. The van der Waals surface area contributed by atoms with Crippen LogP contribution in [-0.2, 0) is 17.9 Å². The van der Waals surface area contributed by atoms with Gasteiger partial charge < -0.3 is 9.84 Å². The lowest BCUT2D eigenvalue weighted by Crippen LogP contribution is -2.13. The molecule has 0 saturated heterocycles. The van der Waals surface area contributed by atoms with Crippen LogP contribution in [0.5, 0.6) is 0 Å². The van der Waals surface area contributed by atoms with E-state index in [9.17, 15) is 14.7 Å². The van der Waals surface area contributed by atoms with E-state index in [4.69, 9.17) is 4.74 Å². The SMILES string of the molecule is Cc1ccc(Cn2nc(C(=O)O)cc2COC(=O)c2cc(C)n(C(C)c3ccccc3)n2)cn1. The molecule has 4 aromatic rings. The van der Waals surface area contributed by atoms with Crippen molar-refractivity contribution >= 4 is 11.9 Å². The fourth-order valence-electron chi connectivity index (χ4n) is 3.64. The van der Waals surface area contributed by atoms with Gasteiger partial charge in [-0.25, -0.2) is 9.59 Å². The number of nitrogens with zero attached hydrogens (tertiary/aromatic N) is 5. The van der Waals surface area contributed by atoms with Gasteiger partial charge in [0.05, 0.1) is 18.3 Å². The molecule has 0 spiro atoms. The normalized spacial score (nSPS) is 11.9. The molecule has 0 aliphatic carbocycles. The highest BCUT2D eigenvalue weighted by Crippen LogP contribution is 2.20. The number of hydrogen-bond acceptors (Lipinski definition) is 6. The van der Waals surface area contributed by atoms with Gasteiger partial charge in [-0.3, -0.25) is 14.3 Å². The quantitative estimate of drug-likeness (QED) is 0.399. The van der Waals surface area contributed by atoms with Gasteiger partial charge in [-0.1, -0.05) is 36.4 Å². The fourth-order valence-corrected chi connectivity index (χ4v) is 3.64. The van der Waals surface area contributed by atoms with Gasteiger partial charge in [-0.15, -0.1) is 0 Å². The lowest BCUT2D eigenvalue weighted by Gasteiger charge is -2.14. The van der Waals surface area contributed by atoms with Crippen LogP contribution in [0.1, 0.15) is 62.2 Å². The molecule has 0 amide bonds. The molecule has 3 heterocycles. The van der Waals surface area contributed by atoms with Crippen LogP contribution in [0.25, 0.3) is 0 Å². The van der Waals surface area contributed by atoms with E-state index in [2.05, 4.69) is 15.2 Å². The molecule has 9 nitrogen and oxygen atoms in total. The second kappa shape index (κ2) is 9.70. The zero-order valence-corrected chi connectivity index (χ0v) is 19.2. The first-order valence-electron chi connectivity index (χ1n) is 10.8. The highest BCUT2D eigenvalue weighted by atomic mass is 16.5. The number of esters is 1. The standard InChI is InChI=1S/C25H25N5O4/c1-16-9-10-19(13-26-16)14-29-21(12-22(27-29)24(31)32)15-34-25(33)23-11-17(2)30(28-23)18(3)20-7-5-4-6-8-20/h4-13,18H,14-15H2,1-3H3,(H,31,32). The zero-order valence-electron chi connectivity index (χ0n) is 19.2. The molecule has 0 bridgehead atoms. The Morgan fingerprint density at radius 3 is 2.47 bits per heavy atom. The molecular weight excluding hydrogens is 434 g/mol. The molecule has 1 atom stereocenters. The minimum absolute atomic E-state index is 0.0505. The van der Waals surface area contributed by atoms with Gasteiger partial charge in [0.25, 0.3) is 0 Å². The first-order chi connectivity index (χ1) is 16.3. The summed E-state index contributed by atoms with van der Waals surface area (Å²) in [7, 11) is 0. The van der Waals surface area contributed by atoms with E-state index in [0.29, 0.717) is 12.2 Å². The van der Waals surface area contributed by atoms with E-state index in [1.165, 1.54) is 10.7 Å². The molecule has 174 valence electrons. The molecule has 1 aromatic carbocycles. The molecule has 0 fully saturated rings. The highest BCUT2D eigenvalue weighted by molar-refractivity contribution is 5.87. The van der Waals surface area contributed by atoms with Crippen molar-refractivity contribution in [1.29, 1.82) is 0 Å². The lowest BCUT2D eigenvalue weighted by molar-refractivity contribution is 0.0454. The minimum atomic E-state index is -1.15. The predicted molar refractivity (Wildman–Crippen MR) is 124 cm³/mol. The van der Waals surface area contributed by atoms with Crippen molar-refractivity contribution in [1.82, 2.24) is 24.5 Å². The van der Waals surface area contributed by atoms with Crippen molar-refractivity contribution in [2.24, 2.45) is 0 Å². The Labute approximate surface area is 196 Å². The van der Waals surface area contributed by atoms with Gasteiger partial charge in [-0.2, -0.15) is 10.2 Å². The van der Waals surface area contributed by atoms with Crippen LogP contribution >= 0.6 is 0 Å². The number of benzene rings is 1. The van der Waals surface area contributed by atoms with E-state index >= 15 is 0 Å². The van der Waals surface area contributed by atoms with Crippen LogP contribution in [0.4, 0.5) is 0 Å². The van der Waals surface area contributed by atoms with Crippen molar-refractivity contribution in [2.45, 2.75) is 40.0 Å².